The minimum absolute atomic E-state index is 0.0336. The van der Waals surface area contributed by atoms with E-state index in [1.807, 2.05) is 13.0 Å². The first-order chi connectivity index (χ1) is 11.6. The predicted octanol–water partition coefficient (Wildman–Crippen LogP) is 3.96. The van der Waals surface area contributed by atoms with Gasteiger partial charge in [0, 0.05) is 11.3 Å². The highest BCUT2D eigenvalue weighted by Crippen LogP contribution is 2.27. The van der Waals surface area contributed by atoms with Crippen LogP contribution in [0.25, 0.3) is 11.8 Å². The van der Waals surface area contributed by atoms with E-state index in [9.17, 15) is 18.0 Å². The van der Waals surface area contributed by atoms with Crippen molar-refractivity contribution in [3.8, 4) is 0 Å². The number of nitrogen functional groups attached to an aromatic ring is 1. The van der Waals surface area contributed by atoms with Crippen LogP contribution in [-0.4, -0.2) is 15.7 Å². The molecule has 0 bridgehead atoms. The Bertz CT molecular complexity index is 829. The number of halogens is 3. The number of rotatable bonds is 4. The number of nitrogens with zero attached hydrogens (tertiary/aromatic N) is 2. The molecule has 1 heterocycles. The molecule has 0 aliphatic heterocycles. The molecule has 0 radical (unpaired) electrons. The zero-order valence-corrected chi connectivity index (χ0v) is 14.1. The Morgan fingerprint density at radius 2 is 2.16 bits per heavy atom. The maximum Gasteiger partial charge on any atom is 0.416 e. The van der Waals surface area contributed by atoms with Crippen molar-refractivity contribution in [3.63, 3.8) is 0 Å². The SMILES string of the molecule is C=C(C=CC(=CCC)C(F)(F)F)n1c(N)nc2c(c1=O)CC(C)C=C2. The lowest BCUT2D eigenvalue weighted by molar-refractivity contribution is -0.0884. The van der Waals surface area contributed by atoms with Gasteiger partial charge in [-0.25, -0.2) is 9.55 Å². The summed E-state index contributed by atoms with van der Waals surface area (Å²) in [4.78, 5) is 16.8. The van der Waals surface area contributed by atoms with Crippen molar-refractivity contribution in [1.29, 1.82) is 0 Å². The molecule has 0 saturated carbocycles. The van der Waals surface area contributed by atoms with E-state index in [0.29, 0.717) is 17.7 Å². The summed E-state index contributed by atoms with van der Waals surface area (Å²) in [6, 6.07) is 0. The number of aromatic nitrogens is 2. The molecule has 4 nitrogen and oxygen atoms in total. The van der Waals surface area contributed by atoms with Crippen LogP contribution in [0, 0.1) is 5.92 Å². The van der Waals surface area contributed by atoms with Gasteiger partial charge in [-0.2, -0.15) is 13.2 Å². The van der Waals surface area contributed by atoms with Crippen LogP contribution in [0.15, 0.2) is 41.3 Å². The Hall–Kier alpha value is -2.57. The van der Waals surface area contributed by atoms with Gasteiger partial charge >= 0.3 is 6.18 Å². The van der Waals surface area contributed by atoms with E-state index in [0.717, 1.165) is 22.8 Å². The summed E-state index contributed by atoms with van der Waals surface area (Å²) < 4.78 is 39.8. The monoisotopic (exact) mass is 351 g/mol. The average Bonchev–Trinajstić information content (AvgIpc) is 2.51. The summed E-state index contributed by atoms with van der Waals surface area (Å²) in [6.07, 6.45) is 3.00. The first-order valence-corrected chi connectivity index (χ1v) is 7.89. The Morgan fingerprint density at radius 1 is 1.48 bits per heavy atom. The molecule has 25 heavy (non-hydrogen) atoms. The van der Waals surface area contributed by atoms with Gasteiger partial charge in [-0.15, -0.1) is 0 Å². The summed E-state index contributed by atoms with van der Waals surface area (Å²) in [5, 5.41) is 0. The molecular weight excluding hydrogens is 331 g/mol. The van der Waals surface area contributed by atoms with Crippen molar-refractivity contribution in [2.24, 2.45) is 5.92 Å². The van der Waals surface area contributed by atoms with Crippen LogP contribution in [0.3, 0.4) is 0 Å². The summed E-state index contributed by atoms with van der Waals surface area (Å²) in [5.41, 5.74) is 5.63. The van der Waals surface area contributed by atoms with Crippen LogP contribution < -0.4 is 11.3 Å². The smallest absolute Gasteiger partial charge is 0.369 e. The van der Waals surface area contributed by atoms with Crippen molar-refractivity contribution >= 4 is 17.7 Å². The van der Waals surface area contributed by atoms with Crippen LogP contribution in [0.4, 0.5) is 19.1 Å². The second-order valence-electron chi connectivity index (χ2n) is 5.91. The topological polar surface area (TPSA) is 60.9 Å². The molecule has 1 aromatic heterocycles. The molecule has 134 valence electrons. The maximum atomic E-state index is 12.9. The molecule has 1 atom stereocenters. The summed E-state index contributed by atoms with van der Waals surface area (Å²) in [7, 11) is 0. The Balaban J connectivity index is 2.43. The number of hydrogen-bond donors (Lipinski definition) is 1. The first kappa shape index (κ1) is 18.8. The van der Waals surface area contributed by atoms with Gasteiger partial charge in [-0.1, -0.05) is 32.6 Å². The van der Waals surface area contributed by atoms with E-state index in [1.54, 1.807) is 13.0 Å². The molecule has 0 fully saturated rings. The van der Waals surface area contributed by atoms with Crippen molar-refractivity contribution in [1.82, 2.24) is 9.55 Å². The predicted molar refractivity (Wildman–Crippen MR) is 93.7 cm³/mol. The molecule has 0 aromatic carbocycles. The molecule has 7 heteroatoms. The fourth-order valence-electron chi connectivity index (χ4n) is 2.60. The lowest BCUT2D eigenvalue weighted by Gasteiger charge is -2.18. The van der Waals surface area contributed by atoms with Crippen LogP contribution in [0.2, 0.25) is 0 Å². The molecule has 0 amide bonds. The molecular formula is C18H20F3N3O. The normalized spacial score (nSPS) is 17.8. The third-order valence-electron chi connectivity index (χ3n) is 3.84. The van der Waals surface area contributed by atoms with Crippen LogP contribution in [0.5, 0.6) is 0 Å². The van der Waals surface area contributed by atoms with Crippen LogP contribution in [0.1, 0.15) is 31.5 Å². The highest BCUT2D eigenvalue weighted by Gasteiger charge is 2.31. The Labute approximate surface area is 143 Å². The fourth-order valence-corrected chi connectivity index (χ4v) is 2.60. The van der Waals surface area contributed by atoms with E-state index < -0.39 is 17.3 Å². The van der Waals surface area contributed by atoms with Gasteiger partial charge in [0.05, 0.1) is 11.3 Å². The first-order valence-electron chi connectivity index (χ1n) is 7.89. The molecule has 1 aliphatic rings. The van der Waals surface area contributed by atoms with Crippen molar-refractivity contribution in [2.75, 3.05) is 5.73 Å². The minimum Gasteiger partial charge on any atom is -0.369 e. The van der Waals surface area contributed by atoms with Gasteiger partial charge in [-0.3, -0.25) is 4.79 Å². The molecule has 2 rings (SSSR count). The number of anilines is 1. The number of fused-ring (bicyclic) bond motifs is 1. The maximum absolute atomic E-state index is 12.9. The number of allylic oxidation sites excluding steroid dienone is 6. The van der Waals surface area contributed by atoms with E-state index in [4.69, 9.17) is 5.73 Å². The third kappa shape index (κ3) is 4.10. The van der Waals surface area contributed by atoms with Gasteiger partial charge in [0.1, 0.15) is 0 Å². The highest BCUT2D eigenvalue weighted by atomic mass is 19.4. The lowest BCUT2D eigenvalue weighted by Crippen LogP contribution is -2.29. The number of nitrogens with two attached hydrogens (primary N) is 1. The van der Waals surface area contributed by atoms with Gasteiger partial charge < -0.3 is 5.73 Å². The molecule has 1 aliphatic carbocycles. The standard InChI is InChI=1S/C18H20F3N3O/c1-4-5-13(18(19,20)21)8-7-12(3)24-16(25)14-10-11(2)6-9-15(14)23-17(24)22/h5-9,11H,3-4,10H2,1-2H3,(H2,22,23). The van der Waals surface area contributed by atoms with Crippen LogP contribution >= 0.6 is 0 Å². The van der Waals surface area contributed by atoms with E-state index >= 15 is 0 Å². The minimum atomic E-state index is -4.47. The van der Waals surface area contributed by atoms with E-state index in [-0.39, 0.29) is 24.0 Å². The second kappa shape index (κ2) is 7.13. The molecule has 1 unspecified atom stereocenters. The third-order valence-corrected chi connectivity index (χ3v) is 3.84. The molecule has 1 aromatic rings. The van der Waals surface area contributed by atoms with Gasteiger partial charge in [0.15, 0.2) is 0 Å². The van der Waals surface area contributed by atoms with Gasteiger partial charge in [-0.05, 0) is 37.0 Å². The zero-order chi connectivity index (χ0) is 18.8. The van der Waals surface area contributed by atoms with Gasteiger partial charge in [0.25, 0.3) is 5.56 Å². The highest BCUT2D eigenvalue weighted by molar-refractivity contribution is 5.62. The number of hydrogen-bond acceptors (Lipinski definition) is 3. The van der Waals surface area contributed by atoms with Crippen molar-refractivity contribution < 1.29 is 13.2 Å². The second-order valence-corrected chi connectivity index (χ2v) is 5.91. The van der Waals surface area contributed by atoms with Gasteiger partial charge in [0.2, 0.25) is 5.95 Å². The molecule has 2 N–H and O–H groups in total. The number of alkyl halides is 3. The Kier molecular flexibility index (Phi) is 5.35. The summed E-state index contributed by atoms with van der Waals surface area (Å²) in [5.74, 6) is 0.0674. The van der Waals surface area contributed by atoms with Crippen molar-refractivity contribution in [3.05, 3.63) is 58.1 Å². The summed E-state index contributed by atoms with van der Waals surface area (Å²) >= 11 is 0. The fraction of sp³-hybridized carbons (Fsp3) is 0.333. The Morgan fingerprint density at radius 3 is 2.76 bits per heavy atom. The van der Waals surface area contributed by atoms with Crippen LogP contribution in [-0.2, 0) is 6.42 Å². The zero-order valence-electron chi connectivity index (χ0n) is 14.1. The molecule has 0 spiro atoms. The lowest BCUT2D eigenvalue weighted by atomic mass is 9.95. The largest absolute Gasteiger partial charge is 0.416 e. The van der Waals surface area contributed by atoms with E-state index in [1.165, 1.54) is 0 Å². The average molecular weight is 351 g/mol. The summed E-state index contributed by atoms with van der Waals surface area (Å²) in [6.45, 7) is 7.24. The quantitative estimate of drug-likeness (QED) is 0.836. The van der Waals surface area contributed by atoms with E-state index in [2.05, 4.69) is 11.6 Å². The molecule has 0 saturated heterocycles. The van der Waals surface area contributed by atoms with Crippen molar-refractivity contribution in [2.45, 2.75) is 32.9 Å².